The number of carbonyl (C=O) groups is 3. The third-order valence-corrected chi connectivity index (χ3v) is 4.60. The highest BCUT2D eigenvalue weighted by Crippen LogP contribution is 2.34. The summed E-state index contributed by atoms with van der Waals surface area (Å²) in [7, 11) is 0. The molecule has 7 heteroatoms. The largest absolute Gasteiger partial charge is 0.465 e. The number of carbonyl (C=O) groups excluding carboxylic acids is 2. The Balaban J connectivity index is 1.68. The molecule has 0 bridgehead atoms. The van der Waals surface area contributed by atoms with E-state index in [9.17, 15) is 14.4 Å². The van der Waals surface area contributed by atoms with Crippen molar-refractivity contribution in [1.29, 1.82) is 0 Å². The van der Waals surface area contributed by atoms with Crippen LogP contribution in [0.1, 0.15) is 31.2 Å². The van der Waals surface area contributed by atoms with E-state index in [0.717, 1.165) is 5.56 Å². The summed E-state index contributed by atoms with van der Waals surface area (Å²) in [5.41, 5.74) is 0.0250. The van der Waals surface area contributed by atoms with Crippen molar-refractivity contribution < 1.29 is 19.5 Å². The number of hydrogen-bond acceptors (Lipinski definition) is 3. The Labute approximate surface area is 133 Å². The zero-order valence-corrected chi connectivity index (χ0v) is 12.6. The number of benzene rings is 1. The van der Waals surface area contributed by atoms with Gasteiger partial charge in [0.2, 0.25) is 0 Å². The first-order valence-electron chi connectivity index (χ1n) is 7.68. The lowest BCUT2D eigenvalue weighted by Gasteiger charge is -2.34. The molecule has 0 atom stereocenters. The first-order valence-corrected chi connectivity index (χ1v) is 7.68. The Morgan fingerprint density at radius 1 is 1.26 bits per heavy atom. The molecule has 1 aliphatic carbocycles. The summed E-state index contributed by atoms with van der Waals surface area (Å²) in [5, 5.41) is 14.0. The highest BCUT2D eigenvalue weighted by atomic mass is 16.4. The Hall–Kier alpha value is -2.57. The molecule has 2 aliphatic rings. The van der Waals surface area contributed by atoms with Crippen LogP contribution >= 0.6 is 0 Å². The molecular formula is C16H19N3O4. The molecule has 2 fully saturated rings. The Morgan fingerprint density at radius 3 is 2.52 bits per heavy atom. The number of imide groups is 1. The number of nitrogens with one attached hydrogen (secondary N) is 2. The Kier molecular flexibility index (Phi) is 3.94. The van der Waals surface area contributed by atoms with Crippen LogP contribution in [-0.2, 0) is 11.3 Å². The van der Waals surface area contributed by atoms with Crippen molar-refractivity contribution in [1.82, 2.24) is 15.5 Å². The van der Waals surface area contributed by atoms with Gasteiger partial charge in [0, 0.05) is 6.04 Å². The van der Waals surface area contributed by atoms with Gasteiger partial charge in [-0.15, -0.1) is 0 Å². The van der Waals surface area contributed by atoms with Gasteiger partial charge in [0.1, 0.15) is 5.54 Å². The van der Waals surface area contributed by atoms with Crippen molar-refractivity contribution >= 4 is 18.0 Å². The van der Waals surface area contributed by atoms with Gasteiger partial charge in [-0.2, -0.15) is 0 Å². The van der Waals surface area contributed by atoms with Crippen LogP contribution in [0.5, 0.6) is 0 Å². The van der Waals surface area contributed by atoms with Crippen molar-refractivity contribution in [2.45, 2.75) is 43.8 Å². The average Bonchev–Trinajstić information content (AvgIpc) is 2.75. The van der Waals surface area contributed by atoms with Crippen molar-refractivity contribution in [3.8, 4) is 0 Å². The molecule has 4 amide bonds. The van der Waals surface area contributed by atoms with Gasteiger partial charge in [-0.3, -0.25) is 9.69 Å². The number of urea groups is 1. The summed E-state index contributed by atoms with van der Waals surface area (Å²) >= 11 is 0. The molecule has 3 rings (SSSR count). The van der Waals surface area contributed by atoms with Crippen LogP contribution in [0.2, 0.25) is 0 Å². The maximum Gasteiger partial charge on any atom is 0.404 e. The smallest absolute Gasteiger partial charge is 0.404 e. The highest BCUT2D eigenvalue weighted by molar-refractivity contribution is 6.07. The van der Waals surface area contributed by atoms with E-state index in [1.165, 1.54) is 4.90 Å². The molecule has 1 spiro atoms. The van der Waals surface area contributed by atoms with Crippen molar-refractivity contribution in [3.05, 3.63) is 35.9 Å². The molecular weight excluding hydrogens is 298 g/mol. The van der Waals surface area contributed by atoms with Gasteiger partial charge in [0.05, 0.1) is 6.54 Å². The van der Waals surface area contributed by atoms with Crippen LogP contribution in [0, 0.1) is 0 Å². The lowest BCUT2D eigenvalue weighted by Crippen LogP contribution is -2.52. The minimum absolute atomic E-state index is 0.161. The predicted molar refractivity (Wildman–Crippen MR) is 81.7 cm³/mol. The Morgan fingerprint density at radius 2 is 1.91 bits per heavy atom. The second-order valence-electron chi connectivity index (χ2n) is 6.11. The zero-order chi connectivity index (χ0) is 16.4. The lowest BCUT2D eigenvalue weighted by molar-refractivity contribution is -0.132. The molecule has 1 heterocycles. The predicted octanol–water partition coefficient (Wildman–Crippen LogP) is 1.69. The normalized spacial score (nSPS) is 27.1. The van der Waals surface area contributed by atoms with E-state index in [0.29, 0.717) is 25.7 Å². The SMILES string of the molecule is O=C(O)NC1CCC2(CC1)NC(=O)N(Cc1ccccc1)C2=O. The first kappa shape index (κ1) is 15.3. The fourth-order valence-electron chi connectivity index (χ4n) is 3.35. The maximum absolute atomic E-state index is 12.7. The van der Waals surface area contributed by atoms with Crippen LogP contribution in [0.4, 0.5) is 9.59 Å². The molecule has 0 radical (unpaired) electrons. The van der Waals surface area contributed by atoms with E-state index in [4.69, 9.17) is 5.11 Å². The van der Waals surface area contributed by atoms with Crippen molar-refractivity contribution in [3.63, 3.8) is 0 Å². The molecule has 0 aromatic heterocycles. The monoisotopic (exact) mass is 317 g/mol. The minimum Gasteiger partial charge on any atom is -0.465 e. The molecule has 3 N–H and O–H groups in total. The molecule has 1 saturated heterocycles. The van der Waals surface area contributed by atoms with Crippen molar-refractivity contribution in [2.24, 2.45) is 0 Å². The quantitative estimate of drug-likeness (QED) is 0.739. The van der Waals surface area contributed by atoms with E-state index in [2.05, 4.69) is 10.6 Å². The Bertz CT molecular complexity index is 623. The van der Waals surface area contributed by atoms with Crippen LogP contribution in [0.25, 0.3) is 0 Å². The van der Waals surface area contributed by atoms with E-state index < -0.39 is 11.6 Å². The van der Waals surface area contributed by atoms with Gasteiger partial charge in [0.25, 0.3) is 5.91 Å². The third kappa shape index (κ3) is 2.99. The standard InChI is InChI=1S/C16H19N3O4/c20-13-16(8-6-12(7-9-16)17-15(22)23)18-14(21)19(13)10-11-4-2-1-3-5-11/h1-5,12,17H,6-10H2,(H,18,21)(H,22,23). The summed E-state index contributed by atoms with van der Waals surface area (Å²) in [6, 6.07) is 8.83. The number of carboxylic acid groups (broad SMARTS) is 1. The average molecular weight is 317 g/mol. The van der Waals surface area contributed by atoms with E-state index in [1.807, 2.05) is 30.3 Å². The van der Waals surface area contributed by atoms with Crippen molar-refractivity contribution in [2.75, 3.05) is 0 Å². The van der Waals surface area contributed by atoms with Gasteiger partial charge in [-0.05, 0) is 31.2 Å². The number of amides is 4. The topological polar surface area (TPSA) is 98.7 Å². The van der Waals surface area contributed by atoms with Crippen LogP contribution in [-0.4, -0.2) is 39.6 Å². The molecule has 7 nitrogen and oxygen atoms in total. The minimum atomic E-state index is -1.06. The fraction of sp³-hybridized carbons (Fsp3) is 0.438. The summed E-state index contributed by atoms with van der Waals surface area (Å²) < 4.78 is 0. The number of nitrogens with zero attached hydrogens (tertiary/aromatic N) is 1. The second-order valence-corrected chi connectivity index (χ2v) is 6.11. The number of rotatable bonds is 3. The summed E-state index contributed by atoms with van der Waals surface area (Å²) in [4.78, 5) is 36.9. The third-order valence-electron chi connectivity index (χ3n) is 4.60. The van der Waals surface area contributed by atoms with Crippen LogP contribution < -0.4 is 10.6 Å². The van der Waals surface area contributed by atoms with Crippen LogP contribution in [0.3, 0.4) is 0 Å². The van der Waals surface area contributed by atoms with E-state index in [1.54, 1.807) is 0 Å². The molecule has 122 valence electrons. The molecule has 0 unspecified atom stereocenters. The van der Waals surface area contributed by atoms with Crippen LogP contribution in [0.15, 0.2) is 30.3 Å². The molecule has 1 aliphatic heterocycles. The second kappa shape index (κ2) is 5.91. The first-order chi connectivity index (χ1) is 11.0. The maximum atomic E-state index is 12.7. The van der Waals surface area contributed by atoms with E-state index >= 15 is 0 Å². The van der Waals surface area contributed by atoms with Gasteiger partial charge < -0.3 is 15.7 Å². The van der Waals surface area contributed by atoms with E-state index in [-0.39, 0.29) is 24.5 Å². The molecule has 23 heavy (non-hydrogen) atoms. The lowest BCUT2D eigenvalue weighted by atomic mass is 9.79. The molecule has 1 aromatic carbocycles. The molecule has 1 saturated carbocycles. The fourth-order valence-corrected chi connectivity index (χ4v) is 3.35. The number of hydrogen-bond donors (Lipinski definition) is 3. The van der Waals surface area contributed by atoms with Gasteiger partial charge >= 0.3 is 12.1 Å². The summed E-state index contributed by atoms with van der Waals surface area (Å²) in [6.07, 6.45) is 0.926. The van der Waals surface area contributed by atoms with Gasteiger partial charge in [-0.25, -0.2) is 9.59 Å². The highest BCUT2D eigenvalue weighted by Gasteiger charge is 2.52. The molecule has 1 aromatic rings. The van der Waals surface area contributed by atoms with Gasteiger partial charge in [0.15, 0.2) is 0 Å². The summed E-state index contributed by atoms with van der Waals surface area (Å²) in [6.45, 7) is 0.254. The summed E-state index contributed by atoms with van der Waals surface area (Å²) in [5.74, 6) is -0.208. The van der Waals surface area contributed by atoms with Gasteiger partial charge in [-0.1, -0.05) is 30.3 Å². The zero-order valence-electron chi connectivity index (χ0n) is 12.6.